The first kappa shape index (κ1) is 18.4. The summed E-state index contributed by atoms with van der Waals surface area (Å²) in [6, 6.07) is 8.94. The zero-order valence-electron chi connectivity index (χ0n) is 14.6. The summed E-state index contributed by atoms with van der Waals surface area (Å²) in [7, 11) is 0. The van der Waals surface area contributed by atoms with Gasteiger partial charge in [-0.2, -0.15) is 5.26 Å². The molecule has 1 amide bonds. The molecule has 6 nitrogen and oxygen atoms in total. The highest BCUT2D eigenvalue weighted by atomic mass is 32.1. The highest BCUT2D eigenvalue weighted by Gasteiger charge is 2.29. The van der Waals surface area contributed by atoms with Crippen LogP contribution in [0.3, 0.4) is 0 Å². The third kappa shape index (κ3) is 4.81. The summed E-state index contributed by atoms with van der Waals surface area (Å²) >= 11 is 1.58. The number of thiazole rings is 1. The van der Waals surface area contributed by atoms with Crippen molar-refractivity contribution in [2.45, 2.75) is 38.3 Å². The van der Waals surface area contributed by atoms with Crippen LogP contribution in [-0.4, -0.2) is 36.3 Å². The Morgan fingerprint density at radius 1 is 1.46 bits per heavy atom. The van der Waals surface area contributed by atoms with Crippen LogP contribution in [0.2, 0.25) is 0 Å². The van der Waals surface area contributed by atoms with Crippen molar-refractivity contribution in [2.75, 3.05) is 13.2 Å². The minimum Gasteiger partial charge on any atom is -0.486 e. The topological polar surface area (TPSA) is 84.2 Å². The molecule has 0 radical (unpaired) electrons. The van der Waals surface area contributed by atoms with E-state index < -0.39 is 0 Å². The molecule has 1 aliphatic rings. The molecule has 1 N–H and O–H groups in total. The average Bonchev–Trinajstić information content (AvgIpc) is 3.07. The molecule has 2 heterocycles. The van der Waals surface area contributed by atoms with Gasteiger partial charge in [0.1, 0.15) is 11.9 Å². The van der Waals surface area contributed by atoms with Crippen LogP contribution in [0.5, 0.6) is 5.75 Å². The molecular weight excluding hydrogens is 350 g/mol. The lowest BCUT2D eigenvalue weighted by atomic mass is 10.1. The number of carbonyl (C=O) groups excluding carboxylic acids is 1. The average molecular weight is 371 g/mol. The maximum atomic E-state index is 12.3. The van der Waals surface area contributed by atoms with Gasteiger partial charge in [0.2, 0.25) is 5.91 Å². The number of benzene rings is 1. The van der Waals surface area contributed by atoms with E-state index in [0.29, 0.717) is 43.8 Å². The molecule has 0 spiro atoms. The minimum absolute atomic E-state index is 0.0122. The van der Waals surface area contributed by atoms with Crippen molar-refractivity contribution in [1.29, 1.82) is 5.26 Å². The minimum atomic E-state index is -0.245. The monoisotopic (exact) mass is 371 g/mol. The number of carbonyl (C=O) groups is 1. The molecule has 0 saturated carbocycles. The highest BCUT2D eigenvalue weighted by molar-refractivity contribution is 7.09. The lowest BCUT2D eigenvalue weighted by Gasteiger charge is -2.32. The highest BCUT2D eigenvalue weighted by Crippen LogP contribution is 2.19. The van der Waals surface area contributed by atoms with Gasteiger partial charge >= 0.3 is 0 Å². The van der Waals surface area contributed by atoms with Crippen molar-refractivity contribution in [2.24, 2.45) is 0 Å². The van der Waals surface area contributed by atoms with E-state index >= 15 is 0 Å². The molecule has 0 bridgehead atoms. The molecule has 1 aromatic carbocycles. The number of aryl methyl sites for hydroxylation is 2. The Balaban J connectivity index is 1.55. The van der Waals surface area contributed by atoms with Crippen molar-refractivity contribution >= 4 is 17.2 Å². The summed E-state index contributed by atoms with van der Waals surface area (Å²) in [5.41, 5.74) is 3.39. The first-order valence-corrected chi connectivity index (χ1v) is 9.46. The lowest BCUT2D eigenvalue weighted by Crippen LogP contribution is -2.51. The number of amides is 1. The smallest absolute Gasteiger partial charge is 0.220 e. The fraction of sp³-hybridized carbons (Fsp3) is 0.421. The Hall–Kier alpha value is -2.43. The zero-order chi connectivity index (χ0) is 18.4. The Bertz CT molecular complexity index is 782. The number of hydrogen-bond donors (Lipinski definition) is 1. The summed E-state index contributed by atoms with van der Waals surface area (Å²) in [5.74, 6) is 0.678. The molecule has 1 fully saturated rings. The van der Waals surface area contributed by atoms with Crippen LogP contribution >= 0.6 is 11.3 Å². The van der Waals surface area contributed by atoms with Gasteiger partial charge in [-0.15, -0.1) is 11.3 Å². The second-order valence-electron chi connectivity index (χ2n) is 6.19. The van der Waals surface area contributed by atoms with Gasteiger partial charge in [-0.05, 0) is 44.0 Å². The maximum Gasteiger partial charge on any atom is 0.220 e. The van der Waals surface area contributed by atoms with Crippen LogP contribution in [0.15, 0.2) is 29.8 Å². The third-order valence-corrected chi connectivity index (χ3v) is 5.34. The van der Waals surface area contributed by atoms with Crippen LogP contribution < -0.4 is 10.1 Å². The second kappa shape index (κ2) is 8.79. The molecule has 1 aliphatic heterocycles. The van der Waals surface area contributed by atoms with Crippen LogP contribution in [0.25, 0.3) is 0 Å². The summed E-state index contributed by atoms with van der Waals surface area (Å²) in [4.78, 5) is 17.7. The predicted octanol–water partition coefficient (Wildman–Crippen LogP) is 2.61. The van der Waals surface area contributed by atoms with Crippen molar-refractivity contribution in [1.82, 2.24) is 10.3 Å². The summed E-state index contributed by atoms with van der Waals surface area (Å²) in [6.07, 6.45) is 1.61. The largest absolute Gasteiger partial charge is 0.486 e. The standard InChI is InChI=1S/C19H21N3O3S/c1-13-18(26-12-21-13)6-7-19(23)22-16-8-9-24-11-17(16)25-15-4-2-14(10-20)3-5-15/h2-5,12,16-17H,6-9,11H2,1H3,(H,22,23)/t16-,17-/m1/s1. The SMILES string of the molecule is Cc1ncsc1CCC(=O)N[C@@H]1CCOC[C@H]1Oc1ccc(C#N)cc1. The number of aromatic nitrogens is 1. The number of nitrogens with zero attached hydrogens (tertiary/aromatic N) is 2. The molecule has 136 valence electrons. The number of hydrogen-bond acceptors (Lipinski definition) is 6. The summed E-state index contributed by atoms with van der Waals surface area (Å²) < 4.78 is 11.5. The summed E-state index contributed by atoms with van der Waals surface area (Å²) in [6.45, 7) is 2.99. The molecule has 0 aliphatic carbocycles. The first-order valence-electron chi connectivity index (χ1n) is 8.58. The van der Waals surface area contributed by atoms with Crippen LogP contribution in [0.1, 0.15) is 29.0 Å². The number of rotatable bonds is 6. The van der Waals surface area contributed by atoms with Crippen molar-refractivity contribution in [3.63, 3.8) is 0 Å². The van der Waals surface area contributed by atoms with Gasteiger partial charge in [0.25, 0.3) is 0 Å². The molecular formula is C19H21N3O3S. The molecule has 1 saturated heterocycles. The zero-order valence-corrected chi connectivity index (χ0v) is 15.4. The Labute approximate surface area is 156 Å². The van der Waals surface area contributed by atoms with Gasteiger partial charge in [0.05, 0.1) is 35.5 Å². The van der Waals surface area contributed by atoms with Gasteiger partial charge in [-0.1, -0.05) is 0 Å². The number of ether oxygens (including phenoxy) is 2. The van der Waals surface area contributed by atoms with Gasteiger partial charge < -0.3 is 14.8 Å². The second-order valence-corrected chi connectivity index (χ2v) is 7.13. The van der Waals surface area contributed by atoms with E-state index in [4.69, 9.17) is 14.7 Å². The van der Waals surface area contributed by atoms with Gasteiger partial charge in [-0.25, -0.2) is 4.98 Å². The Kier molecular flexibility index (Phi) is 6.21. The third-order valence-electron chi connectivity index (χ3n) is 4.35. The van der Waals surface area contributed by atoms with E-state index in [1.54, 1.807) is 35.6 Å². The molecule has 0 unspecified atom stereocenters. The van der Waals surface area contributed by atoms with E-state index in [0.717, 1.165) is 10.6 Å². The number of nitrogens with one attached hydrogen (secondary N) is 1. The van der Waals surface area contributed by atoms with Crippen LogP contribution in [0, 0.1) is 18.3 Å². The maximum absolute atomic E-state index is 12.3. The van der Waals surface area contributed by atoms with Crippen molar-refractivity contribution in [3.8, 4) is 11.8 Å². The quantitative estimate of drug-likeness (QED) is 0.844. The normalized spacial score (nSPS) is 19.5. The molecule has 3 rings (SSSR count). The van der Waals surface area contributed by atoms with E-state index in [1.807, 2.05) is 12.4 Å². The first-order chi connectivity index (χ1) is 12.7. The van der Waals surface area contributed by atoms with E-state index in [9.17, 15) is 4.79 Å². The van der Waals surface area contributed by atoms with Crippen LogP contribution in [-0.2, 0) is 16.0 Å². The predicted molar refractivity (Wildman–Crippen MR) is 98.1 cm³/mol. The van der Waals surface area contributed by atoms with Gasteiger partial charge in [0, 0.05) is 17.9 Å². The fourth-order valence-electron chi connectivity index (χ4n) is 2.85. The molecule has 7 heteroatoms. The van der Waals surface area contributed by atoms with Crippen LogP contribution in [0.4, 0.5) is 0 Å². The molecule has 26 heavy (non-hydrogen) atoms. The van der Waals surface area contributed by atoms with E-state index in [-0.39, 0.29) is 18.1 Å². The van der Waals surface area contributed by atoms with E-state index in [2.05, 4.69) is 16.4 Å². The fourth-order valence-corrected chi connectivity index (χ4v) is 3.63. The van der Waals surface area contributed by atoms with Gasteiger partial charge in [-0.3, -0.25) is 4.79 Å². The van der Waals surface area contributed by atoms with Crippen molar-refractivity contribution < 1.29 is 14.3 Å². The Morgan fingerprint density at radius 2 is 2.27 bits per heavy atom. The molecule has 2 aromatic rings. The van der Waals surface area contributed by atoms with Gasteiger partial charge in [0.15, 0.2) is 0 Å². The molecule has 2 atom stereocenters. The molecule has 1 aromatic heterocycles. The van der Waals surface area contributed by atoms with E-state index in [1.165, 1.54) is 0 Å². The lowest BCUT2D eigenvalue weighted by molar-refractivity contribution is -0.123. The summed E-state index contributed by atoms with van der Waals surface area (Å²) in [5, 5.41) is 11.9. The number of nitriles is 1. The Morgan fingerprint density at radius 3 is 2.96 bits per heavy atom. The van der Waals surface area contributed by atoms with Crippen molar-refractivity contribution in [3.05, 3.63) is 45.9 Å².